The smallest absolute Gasteiger partial charge is 0.163 e. The fraction of sp³-hybridized carbons (Fsp3) is 0.368. The number of hydrogen-bond acceptors (Lipinski definition) is 2. The highest BCUT2D eigenvalue weighted by Crippen LogP contribution is 2.33. The Balaban J connectivity index is 2.30. The van der Waals surface area contributed by atoms with Crippen LogP contribution >= 0.6 is 0 Å². The SMILES string of the molecule is CCCc1ccn2nc(C)c(-c3c(C)cc(C)cc3C)c2n1. The lowest BCUT2D eigenvalue weighted by molar-refractivity contribution is 0.853. The molecule has 0 radical (unpaired) electrons. The highest BCUT2D eigenvalue weighted by atomic mass is 15.2. The van der Waals surface area contributed by atoms with E-state index in [1.807, 2.05) is 10.7 Å². The first-order chi connectivity index (χ1) is 10.5. The molecule has 3 aromatic rings. The zero-order valence-electron chi connectivity index (χ0n) is 14.1. The quantitative estimate of drug-likeness (QED) is 0.707. The highest BCUT2D eigenvalue weighted by molar-refractivity contribution is 5.84. The van der Waals surface area contributed by atoms with Crippen LogP contribution in [0.5, 0.6) is 0 Å². The summed E-state index contributed by atoms with van der Waals surface area (Å²) in [4.78, 5) is 4.87. The highest BCUT2D eigenvalue weighted by Gasteiger charge is 2.17. The molecule has 0 unspecified atom stereocenters. The summed E-state index contributed by atoms with van der Waals surface area (Å²) in [6.45, 7) is 10.7. The van der Waals surface area contributed by atoms with Crippen LogP contribution < -0.4 is 0 Å². The van der Waals surface area contributed by atoms with E-state index in [0.717, 1.165) is 29.9 Å². The maximum atomic E-state index is 4.87. The number of fused-ring (bicyclic) bond motifs is 1. The van der Waals surface area contributed by atoms with Gasteiger partial charge in [-0.05, 0) is 56.9 Å². The van der Waals surface area contributed by atoms with Gasteiger partial charge in [0.2, 0.25) is 0 Å². The topological polar surface area (TPSA) is 30.2 Å². The minimum Gasteiger partial charge on any atom is -0.233 e. The van der Waals surface area contributed by atoms with Gasteiger partial charge in [-0.25, -0.2) is 9.50 Å². The van der Waals surface area contributed by atoms with Crippen molar-refractivity contribution in [2.75, 3.05) is 0 Å². The molecule has 0 aliphatic carbocycles. The Morgan fingerprint density at radius 2 is 1.68 bits per heavy atom. The van der Waals surface area contributed by atoms with Crippen LogP contribution in [0.15, 0.2) is 24.4 Å². The summed E-state index contributed by atoms with van der Waals surface area (Å²) in [5.41, 5.74) is 9.48. The molecule has 3 nitrogen and oxygen atoms in total. The summed E-state index contributed by atoms with van der Waals surface area (Å²) in [5.74, 6) is 0. The average Bonchev–Trinajstić information content (AvgIpc) is 2.75. The van der Waals surface area contributed by atoms with Crippen molar-refractivity contribution in [2.24, 2.45) is 0 Å². The Morgan fingerprint density at radius 3 is 2.32 bits per heavy atom. The first kappa shape index (κ1) is 14.8. The molecule has 0 amide bonds. The molecule has 0 aliphatic heterocycles. The summed E-state index contributed by atoms with van der Waals surface area (Å²) in [7, 11) is 0. The molecular weight excluding hydrogens is 270 g/mol. The minimum absolute atomic E-state index is 0.971. The van der Waals surface area contributed by atoms with Crippen LogP contribution in [0.25, 0.3) is 16.8 Å². The van der Waals surface area contributed by atoms with E-state index in [1.54, 1.807) is 0 Å². The van der Waals surface area contributed by atoms with Gasteiger partial charge in [0.15, 0.2) is 5.65 Å². The molecule has 0 spiro atoms. The molecule has 0 aliphatic rings. The van der Waals surface area contributed by atoms with Gasteiger partial charge in [0, 0.05) is 11.9 Å². The molecule has 0 N–H and O–H groups in total. The van der Waals surface area contributed by atoms with Crippen molar-refractivity contribution in [3.8, 4) is 11.1 Å². The Morgan fingerprint density at radius 1 is 1.00 bits per heavy atom. The van der Waals surface area contributed by atoms with E-state index < -0.39 is 0 Å². The van der Waals surface area contributed by atoms with Crippen LogP contribution in [0, 0.1) is 27.7 Å². The molecule has 0 bridgehead atoms. The van der Waals surface area contributed by atoms with Crippen molar-refractivity contribution in [3.05, 3.63) is 52.5 Å². The van der Waals surface area contributed by atoms with Gasteiger partial charge in [0.05, 0.1) is 11.3 Å². The number of nitrogens with zero attached hydrogens (tertiary/aromatic N) is 3. The molecule has 0 saturated heterocycles. The lowest BCUT2D eigenvalue weighted by Gasteiger charge is -2.11. The fourth-order valence-corrected chi connectivity index (χ4v) is 3.34. The Hall–Kier alpha value is -2.16. The largest absolute Gasteiger partial charge is 0.233 e. The first-order valence-electron chi connectivity index (χ1n) is 7.94. The van der Waals surface area contributed by atoms with Gasteiger partial charge in [-0.1, -0.05) is 31.0 Å². The van der Waals surface area contributed by atoms with Crippen molar-refractivity contribution >= 4 is 5.65 Å². The van der Waals surface area contributed by atoms with Crippen molar-refractivity contribution < 1.29 is 0 Å². The minimum atomic E-state index is 0.971. The maximum Gasteiger partial charge on any atom is 0.163 e. The number of rotatable bonds is 3. The molecular formula is C19H23N3. The molecule has 0 saturated carbocycles. The molecule has 22 heavy (non-hydrogen) atoms. The maximum absolute atomic E-state index is 4.87. The second-order valence-corrected chi connectivity index (χ2v) is 6.17. The van der Waals surface area contributed by atoms with Gasteiger partial charge in [-0.15, -0.1) is 0 Å². The molecule has 2 heterocycles. The summed E-state index contributed by atoms with van der Waals surface area (Å²) in [6, 6.07) is 6.55. The zero-order valence-corrected chi connectivity index (χ0v) is 14.1. The van der Waals surface area contributed by atoms with Crippen LogP contribution in [0.1, 0.15) is 41.4 Å². The molecule has 0 atom stereocenters. The predicted molar refractivity (Wildman–Crippen MR) is 91.4 cm³/mol. The van der Waals surface area contributed by atoms with Gasteiger partial charge in [-0.3, -0.25) is 0 Å². The van der Waals surface area contributed by atoms with Crippen LogP contribution in [-0.2, 0) is 6.42 Å². The van der Waals surface area contributed by atoms with Crippen LogP contribution in [0.2, 0.25) is 0 Å². The van der Waals surface area contributed by atoms with Crippen molar-refractivity contribution in [1.82, 2.24) is 14.6 Å². The fourth-order valence-electron chi connectivity index (χ4n) is 3.34. The van der Waals surface area contributed by atoms with E-state index >= 15 is 0 Å². The molecule has 3 rings (SSSR count). The Kier molecular flexibility index (Phi) is 3.73. The van der Waals surface area contributed by atoms with E-state index in [1.165, 1.54) is 27.8 Å². The molecule has 0 fully saturated rings. The Bertz CT molecular complexity index is 820. The molecule has 3 heteroatoms. The van der Waals surface area contributed by atoms with Gasteiger partial charge < -0.3 is 0 Å². The standard InChI is InChI=1S/C19H23N3/c1-6-7-16-8-9-22-19(20-16)18(15(5)21-22)17-13(3)10-12(2)11-14(17)4/h8-11H,6-7H2,1-5H3. The monoisotopic (exact) mass is 293 g/mol. The number of benzene rings is 1. The summed E-state index contributed by atoms with van der Waals surface area (Å²) < 4.78 is 1.91. The van der Waals surface area contributed by atoms with Crippen LogP contribution in [0.4, 0.5) is 0 Å². The lowest BCUT2D eigenvalue weighted by Crippen LogP contribution is -1.96. The van der Waals surface area contributed by atoms with Crippen molar-refractivity contribution in [2.45, 2.75) is 47.5 Å². The summed E-state index contributed by atoms with van der Waals surface area (Å²) in [6.07, 6.45) is 4.14. The van der Waals surface area contributed by atoms with Crippen LogP contribution in [-0.4, -0.2) is 14.6 Å². The van der Waals surface area contributed by atoms with Crippen molar-refractivity contribution in [1.29, 1.82) is 0 Å². The van der Waals surface area contributed by atoms with Gasteiger partial charge in [0.25, 0.3) is 0 Å². The molecule has 2 aromatic heterocycles. The third-order valence-electron chi connectivity index (χ3n) is 4.15. The predicted octanol–water partition coefficient (Wildman–Crippen LogP) is 4.58. The van der Waals surface area contributed by atoms with E-state index in [4.69, 9.17) is 4.98 Å². The zero-order chi connectivity index (χ0) is 15.9. The summed E-state index contributed by atoms with van der Waals surface area (Å²) >= 11 is 0. The van der Waals surface area contributed by atoms with E-state index in [-0.39, 0.29) is 0 Å². The second-order valence-electron chi connectivity index (χ2n) is 6.17. The van der Waals surface area contributed by atoms with Crippen molar-refractivity contribution in [3.63, 3.8) is 0 Å². The first-order valence-corrected chi connectivity index (χ1v) is 7.94. The average molecular weight is 293 g/mol. The van der Waals surface area contributed by atoms with Gasteiger partial charge >= 0.3 is 0 Å². The van der Waals surface area contributed by atoms with Crippen LogP contribution in [0.3, 0.4) is 0 Å². The van der Waals surface area contributed by atoms with E-state index in [9.17, 15) is 0 Å². The van der Waals surface area contributed by atoms with E-state index in [0.29, 0.717) is 0 Å². The normalized spacial score (nSPS) is 11.3. The van der Waals surface area contributed by atoms with Gasteiger partial charge in [-0.2, -0.15) is 5.10 Å². The molecule has 114 valence electrons. The second kappa shape index (κ2) is 5.56. The molecule has 1 aromatic carbocycles. The summed E-state index contributed by atoms with van der Waals surface area (Å²) in [5, 5.41) is 4.65. The van der Waals surface area contributed by atoms with Gasteiger partial charge in [0.1, 0.15) is 0 Å². The third-order valence-corrected chi connectivity index (χ3v) is 4.15. The number of hydrogen-bond donors (Lipinski definition) is 0. The Labute approximate surface area is 132 Å². The number of aryl methyl sites for hydroxylation is 5. The van der Waals surface area contributed by atoms with E-state index in [2.05, 4.69) is 57.9 Å². The number of aromatic nitrogens is 3. The lowest BCUT2D eigenvalue weighted by atomic mass is 9.94. The third kappa shape index (κ3) is 2.41.